The van der Waals surface area contributed by atoms with E-state index >= 15 is 0 Å². The molecule has 6 heteroatoms. The van der Waals surface area contributed by atoms with E-state index in [-0.39, 0.29) is 10.7 Å². The number of hydrogen-bond acceptors (Lipinski definition) is 3. The zero-order valence-corrected chi connectivity index (χ0v) is 11.1. The van der Waals surface area contributed by atoms with Crippen molar-refractivity contribution in [2.24, 2.45) is 0 Å². The van der Waals surface area contributed by atoms with Crippen LogP contribution in [0.2, 0.25) is 10.2 Å². The van der Waals surface area contributed by atoms with Crippen LogP contribution in [0.4, 0.5) is 5.69 Å². The molecule has 4 nitrogen and oxygen atoms in total. The molecule has 0 saturated heterocycles. The van der Waals surface area contributed by atoms with Crippen molar-refractivity contribution in [1.82, 2.24) is 4.98 Å². The van der Waals surface area contributed by atoms with Crippen molar-refractivity contribution in [2.75, 3.05) is 0 Å². The number of rotatable bonds is 3. The minimum atomic E-state index is -0.473. The largest absolute Gasteiger partial charge is 0.271 e. The second-order valence-corrected chi connectivity index (χ2v) is 4.71. The van der Waals surface area contributed by atoms with Gasteiger partial charge in [-0.25, -0.2) is 4.98 Å². The fourth-order valence-electron chi connectivity index (χ4n) is 1.80. The Morgan fingerprint density at radius 3 is 2.67 bits per heavy atom. The van der Waals surface area contributed by atoms with Gasteiger partial charge >= 0.3 is 0 Å². The lowest BCUT2D eigenvalue weighted by atomic mass is 10.1. The summed E-state index contributed by atoms with van der Waals surface area (Å²) < 4.78 is 0. The maximum Gasteiger partial charge on any atom is 0.271 e. The van der Waals surface area contributed by atoms with Crippen molar-refractivity contribution in [2.45, 2.75) is 19.8 Å². The third-order valence-corrected chi connectivity index (χ3v) is 3.23. The molecule has 0 N–H and O–H groups in total. The van der Waals surface area contributed by atoms with Crippen molar-refractivity contribution in [1.29, 1.82) is 0 Å². The number of nitro groups is 1. The van der Waals surface area contributed by atoms with E-state index in [1.807, 2.05) is 13.0 Å². The number of aromatic nitrogens is 1. The van der Waals surface area contributed by atoms with Crippen LogP contribution in [0.3, 0.4) is 0 Å². The van der Waals surface area contributed by atoms with E-state index in [1.165, 1.54) is 12.1 Å². The molecule has 1 heterocycles. The molecule has 0 amide bonds. The van der Waals surface area contributed by atoms with E-state index in [9.17, 15) is 10.1 Å². The number of nitro benzene ring substituents is 1. The number of non-ortho nitro benzene ring substituents is 1. The highest BCUT2D eigenvalue weighted by atomic mass is 35.5. The molecule has 0 aliphatic carbocycles. The highest BCUT2D eigenvalue weighted by molar-refractivity contribution is 6.36. The predicted molar refractivity (Wildman–Crippen MR) is 72.4 cm³/mol. The molecule has 0 fully saturated rings. The lowest BCUT2D eigenvalue weighted by molar-refractivity contribution is -0.384. The fourth-order valence-corrected chi connectivity index (χ4v) is 2.30. The first-order chi connectivity index (χ1) is 8.52. The smallest absolute Gasteiger partial charge is 0.258 e. The van der Waals surface area contributed by atoms with Crippen molar-refractivity contribution in [3.63, 3.8) is 0 Å². The van der Waals surface area contributed by atoms with Crippen LogP contribution in [0.25, 0.3) is 10.9 Å². The third kappa shape index (κ3) is 2.40. The minimum Gasteiger partial charge on any atom is -0.258 e. The molecular formula is C12H10Cl2N2O2. The summed E-state index contributed by atoms with van der Waals surface area (Å²) in [6, 6.07) is 4.56. The average Bonchev–Trinajstić information content (AvgIpc) is 2.31. The van der Waals surface area contributed by atoms with Crippen molar-refractivity contribution >= 4 is 39.8 Å². The topological polar surface area (TPSA) is 56.0 Å². The van der Waals surface area contributed by atoms with Crippen LogP contribution < -0.4 is 0 Å². The van der Waals surface area contributed by atoms with Gasteiger partial charge in [-0.15, -0.1) is 0 Å². The van der Waals surface area contributed by atoms with Crippen molar-refractivity contribution in [3.05, 3.63) is 44.1 Å². The Morgan fingerprint density at radius 1 is 1.33 bits per heavy atom. The first kappa shape index (κ1) is 13.1. The molecule has 0 unspecified atom stereocenters. The maximum atomic E-state index is 10.8. The second kappa shape index (κ2) is 5.08. The van der Waals surface area contributed by atoms with Crippen LogP contribution in [-0.4, -0.2) is 9.91 Å². The summed E-state index contributed by atoms with van der Waals surface area (Å²) in [5, 5.41) is 12.1. The number of nitrogens with zero attached hydrogens (tertiary/aromatic N) is 2. The van der Waals surface area contributed by atoms with E-state index in [2.05, 4.69) is 4.98 Å². The lowest BCUT2D eigenvalue weighted by Crippen LogP contribution is -1.93. The Balaban J connectivity index is 2.69. The normalized spacial score (nSPS) is 10.8. The van der Waals surface area contributed by atoms with Gasteiger partial charge in [-0.1, -0.05) is 36.5 Å². The van der Waals surface area contributed by atoms with Gasteiger partial charge < -0.3 is 0 Å². The van der Waals surface area contributed by atoms with Gasteiger partial charge in [0, 0.05) is 17.5 Å². The molecule has 0 spiro atoms. The minimum absolute atomic E-state index is 0.0425. The molecule has 94 valence electrons. The van der Waals surface area contributed by atoms with Crippen LogP contribution >= 0.6 is 23.2 Å². The fraction of sp³-hybridized carbons (Fsp3) is 0.250. The summed E-state index contributed by atoms with van der Waals surface area (Å²) in [6.45, 7) is 2.03. The number of aryl methyl sites for hydroxylation is 1. The van der Waals surface area contributed by atoms with Gasteiger partial charge in [0.1, 0.15) is 5.15 Å². The number of pyridine rings is 1. The summed E-state index contributed by atoms with van der Waals surface area (Å²) in [6.07, 6.45) is 1.71. The van der Waals surface area contributed by atoms with E-state index in [4.69, 9.17) is 23.2 Å². The molecule has 0 atom stereocenters. The highest BCUT2D eigenvalue weighted by Crippen LogP contribution is 2.30. The van der Waals surface area contributed by atoms with Gasteiger partial charge in [0.15, 0.2) is 0 Å². The molecule has 2 rings (SSSR count). The van der Waals surface area contributed by atoms with Crippen LogP contribution in [0.5, 0.6) is 0 Å². The molecule has 18 heavy (non-hydrogen) atoms. The van der Waals surface area contributed by atoms with E-state index in [1.54, 1.807) is 0 Å². The number of fused-ring (bicyclic) bond motifs is 1. The summed E-state index contributed by atoms with van der Waals surface area (Å²) >= 11 is 12.0. The zero-order chi connectivity index (χ0) is 13.3. The molecule has 2 aromatic rings. The molecule has 0 bridgehead atoms. The van der Waals surface area contributed by atoms with E-state index < -0.39 is 4.92 Å². The molecule has 0 aliphatic rings. The van der Waals surface area contributed by atoms with Crippen LogP contribution in [-0.2, 0) is 6.42 Å². The Morgan fingerprint density at radius 2 is 2.06 bits per heavy atom. The van der Waals surface area contributed by atoms with Crippen molar-refractivity contribution in [3.8, 4) is 0 Å². The monoisotopic (exact) mass is 284 g/mol. The number of hydrogen-bond donors (Lipinski definition) is 0. The molecule has 0 aliphatic heterocycles. The van der Waals surface area contributed by atoms with E-state index in [0.717, 1.165) is 18.4 Å². The number of halogens is 2. The Kier molecular flexibility index (Phi) is 3.68. The van der Waals surface area contributed by atoms with Gasteiger partial charge in [-0.3, -0.25) is 10.1 Å². The van der Waals surface area contributed by atoms with Crippen molar-refractivity contribution < 1.29 is 4.92 Å². The van der Waals surface area contributed by atoms with Gasteiger partial charge in [-0.05, 0) is 18.1 Å². The van der Waals surface area contributed by atoms with Crippen LogP contribution in [0, 0.1) is 10.1 Å². The van der Waals surface area contributed by atoms with Crippen LogP contribution in [0.1, 0.15) is 18.9 Å². The van der Waals surface area contributed by atoms with Gasteiger partial charge in [0.25, 0.3) is 5.69 Å². The molecule has 1 aromatic heterocycles. The average molecular weight is 285 g/mol. The first-order valence-electron chi connectivity index (χ1n) is 5.46. The maximum absolute atomic E-state index is 10.8. The SMILES string of the molecule is CCCc1cc2cc([N+](=O)[O-])cc(Cl)c2nc1Cl. The third-order valence-electron chi connectivity index (χ3n) is 2.61. The first-order valence-corrected chi connectivity index (χ1v) is 6.21. The Bertz CT molecular complexity index is 629. The van der Waals surface area contributed by atoms with Gasteiger partial charge in [-0.2, -0.15) is 0 Å². The zero-order valence-electron chi connectivity index (χ0n) is 9.61. The standard InChI is InChI=1S/C12H10Cl2N2O2/c1-2-3-7-4-8-5-9(16(17)18)6-10(13)11(8)15-12(7)14/h4-6H,2-3H2,1H3. The summed E-state index contributed by atoms with van der Waals surface area (Å²) in [5.74, 6) is 0. The van der Waals surface area contributed by atoms with E-state index in [0.29, 0.717) is 16.1 Å². The highest BCUT2D eigenvalue weighted by Gasteiger charge is 2.13. The summed E-state index contributed by atoms with van der Waals surface area (Å²) in [5.41, 5.74) is 1.33. The summed E-state index contributed by atoms with van der Waals surface area (Å²) in [4.78, 5) is 14.5. The predicted octanol–water partition coefficient (Wildman–Crippen LogP) is 4.40. The molecule has 0 saturated carbocycles. The molecular weight excluding hydrogens is 275 g/mol. The molecule has 1 aromatic carbocycles. The Labute approximate surface area is 114 Å². The molecule has 0 radical (unpaired) electrons. The number of benzene rings is 1. The quantitative estimate of drug-likeness (QED) is 0.477. The second-order valence-electron chi connectivity index (χ2n) is 3.94. The summed E-state index contributed by atoms with van der Waals surface area (Å²) in [7, 11) is 0. The van der Waals surface area contributed by atoms with Crippen LogP contribution in [0.15, 0.2) is 18.2 Å². The Hall–Kier alpha value is -1.39. The lowest BCUT2D eigenvalue weighted by Gasteiger charge is -2.06. The van der Waals surface area contributed by atoms with Gasteiger partial charge in [0.05, 0.1) is 15.5 Å². The van der Waals surface area contributed by atoms with Gasteiger partial charge in [0.2, 0.25) is 0 Å².